The molecular weight excluding hydrogens is 1740 g/mol. The zero-order valence-electron chi connectivity index (χ0n) is 77.4. The quantitative estimate of drug-likeness (QED) is 0.0977. The summed E-state index contributed by atoms with van der Waals surface area (Å²) >= 11 is 0. The summed E-state index contributed by atoms with van der Waals surface area (Å²) in [6.07, 6.45) is 0. The summed E-state index contributed by atoms with van der Waals surface area (Å²) < 4.78 is 7.06. The van der Waals surface area contributed by atoms with Gasteiger partial charge in [0.1, 0.15) is 0 Å². The molecule has 0 fully saturated rings. The number of aromatic nitrogens is 12. The number of benzene rings is 22. The predicted molar refractivity (Wildman–Crippen MR) is 590 cm³/mol. The van der Waals surface area contributed by atoms with Crippen LogP contribution in [0, 0.1) is 0 Å². The molecule has 28 rings (SSSR count). The monoisotopic (exact) mass is 1820 g/mol. The van der Waals surface area contributed by atoms with Crippen molar-refractivity contribution in [2.24, 2.45) is 0 Å². The van der Waals surface area contributed by atoms with Crippen LogP contribution in [0.4, 0.5) is 0 Å². The lowest BCUT2D eigenvalue weighted by molar-refractivity contribution is 1.07. The first-order valence-corrected chi connectivity index (χ1v) is 48.1. The molecule has 0 saturated carbocycles. The summed E-state index contributed by atoms with van der Waals surface area (Å²) in [5.74, 6) is 5.83. The van der Waals surface area contributed by atoms with E-state index < -0.39 is 0 Å². The maximum atomic E-state index is 5.18. The molecule has 0 aliphatic rings. The van der Waals surface area contributed by atoms with Crippen LogP contribution in [0.3, 0.4) is 0 Å². The van der Waals surface area contributed by atoms with Gasteiger partial charge >= 0.3 is 0 Å². The van der Waals surface area contributed by atoms with Gasteiger partial charge in [-0.2, -0.15) is 0 Å². The summed E-state index contributed by atoms with van der Waals surface area (Å²) in [6.45, 7) is 0. The number of hydrogen-bond acceptors (Lipinski definition) is 9. The van der Waals surface area contributed by atoms with Crippen molar-refractivity contribution in [1.29, 1.82) is 0 Å². The average molecular weight is 1830 g/mol. The van der Waals surface area contributed by atoms with E-state index in [1.54, 1.807) is 0 Å². The van der Waals surface area contributed by atoms with Crippen LogP contribution in [0.5, 0.6) is 0 Å². The van der Waals surface area contributed by atoms with E-state index >= 15 is 0 Å². The molecule has 0 spiro atoms. The first kappa shape index (κ1) is 84.1. The normalized spacial score (nSPS) is 11.5. The molecule has 12 heteroatoms. The molecule has 0 atom stereocenters. The maximum Gasteiger partial charge on any atom is 0.164 e. The predicted octanol–water partition coefficient (Wildman–Crippen LogP) is 33.0. The van der Waals surface area contributed by atoms with Crippen LogP contribution in [0.2, 0.25) is 0 Å². The Morgan fingerprint density at radius 1 is 0.112 bits per heavy atom. The van der Waals surface area contributed by atoms with Gasteiger partial charge in [0, 0.05) is 99.5 Å². The lowest BCUT2D eigenvalue weighted by Gasteiger charge is -2.13. The molecule has 0 aliphatic heterocycles. The fourth-order valence-corrected chi connectivity index (χ4v) is 20.4. The second kappa shape index (κ2) is 36.2. The highest BCUT2D eigenvalue weighted by Gasteiger charge is 2.24. The minimum atomic E-state index is 0.638. The van der Waals surface area contributed by atoms with E-state index in [9.17, 15) is 0 Å². The minimum Gasteiger partial charge on any atom is -0.309 e. The van der Waals surface area contributed by atoms with E-state index in [1.165, 1.54) is 131 Å². The van der Waals surface area contributed by atoms with Crippen LogP contribution >= 0.6 is 0 Å². The molecule has 12 nitrogen and oxygen atoms in total. The van der Waals surface area contributed by atoms with Gasteiger partial charge in [0.2, 0.25) is 0 Å². The maximum absolute atomic E-state index is 5.18. The fourth-order valence-electron chi connectivity index (χ4n) is 20.4. The van der Waals surface area contributed by atoms with Crippen molar-refractivity contribution in [3.63, 3.8) is 0 Å². The van der Waals surface area contributed by atoms with Crippen LogP contribution in [0.25, 0.3) is 261 Å². The molecule has 143 heavy (non-hydrogen) atoms. The topological polar surface area (TPSA) is 131 Å². The van der Waals surface area contributed by atoms with Crippen LogP contribution in [-0.4, -0.2) is 58.6 Å². The van der Waals surface area contributed by atoms with Crippen molar-refractivity contribution in [3.05, 3.63) is 510 Å². The van der Waals surface area contributed by atoms with Gasteiger partial charge in [0.05, 0.1) is 33.1 Å². The van der Waals surface area contributed by atoms with Crippen molar-refractivity contribution >= 4 is 119 Å². The van der Waals surface area contributed by atoms with Gasteiger partial charge < -0.3 is 13.7 Å². The fraction of sp³-hybridized carbons (Fsp3) is 0. The second-order valence-electron chi connectivity index (χ2n) is 35.9. The van der Waals surface area contributed by atoms with Gasteiger partial charge in [0.25, 0.3) is 0 Å². The highest BCUT2D eigenvalue weighted by Crippen LogP contribution is 2.45. The lowest BCUT2D eigenvalue weighted by atomic mass is 9.93. The third-order valence-corrected chi connectivity index (χ3v) is 27.3. The Balaban J connectivity index is 0.000000110. The molecule has 0 N–H and O–H groups in total. The highest BCUT2D eigenvalue weighted by molar-refractivity contribution is 6.26. The van der Waals surface area contributed by atoms with E-state index in [0.29, 0.717) is 52.4 Å². The molecule has 668 valence electrons. The van der Waals surface area contributed by atoms with Crippen molar-refractivity contribution in [2.75, 3.05) is 0 Å². The van der Waals surface area contributed by atoms with Gasteiger partial charge in [-0.15, -0.1) is 0 Å². The molecule has 6 aromatic heterocycles. The summed E-state index contributed by atoms with van der Waals surface area (Å²) in [5.41, 5.74) is 23.6. The smallest absolute Gasteiger partial charge is 0.164 e. The largest absolute Gasteiger partial charge is 0.309 e. The van der Waals surface area contributed by atoms with Crippen molar-refractivity contribution in [2.45, 2.75) is 0 Å². The Morgan fingerprint density at radius 3 is 0.804 bits per heavy atom. The average Bonchev–Trinajstić information content (AvgIpc) is 1.62. The zero-order valence-corrected chi connectivity index (χ0v) is 77.4. The second-order valence-corrected chi connectivity index (χ2v) is 35.9. The van der Waals surface area contributed by atoms with Gasteiger partial charge in [-0.25, -0.2) is 44.9 Å². The molecule has 0 radical (unpaired) electrons. The van der Waals surface area contributed by atoms with Gasteiger partial charge in [-0.1, -0.05) is 388 Å². The third-order valence-electron chi connectivity index (χ3n) is 27.3. The number of para-hydroxylation sites is 2. The van der Waals surface area contributed by atoms with Crippen LogP contribution < -0.4 is 0 Å². The molecule has 0 bridgehead atoms. The molecule has 0 saturated heterocycles. The van der Waals surface area contributed by atoms with E-state index in [-0.39, 0.29) is 0 Å². The Morgan fingerprint density at radius 2 is 0.364 bits per heavy atom. The molecular formula is C131H84N12. The van der Waals surface area contributed by atoms with E-state index in [2.05, 4.69) is 384 Å². The Hall–Kier alpha value is -19.4. The first-order valence-electron chi connectivity index (χ1n) is 48.1. The van der Waals surface area contributed by atoms with E-state index in [0.717, 1.165) is 78.2 Å². The van der Waals surface area contributed by atoms with Gasteiger partial charge in [-0.3, -0.25) is 0 Å². The van der Waals surface area contributed by atoms with Gasteiger partial charge in [0.15, 0.2) is 52.4 Å². The minimum absolute atomic E-state index is 0.638. The van der Waals surface area contributed by atoms with E-state index in [1.807, 2.05) is 140 Å². The standard InChI is InChI=1S/C45H28N4.2C43H28N4/c1-3-13-29(14-4-1)43-46-44(30-23-25-37-35-19-8-7-17-33(35)34-18-9-10-20-36(34)40(37)27-30)48-45(47-43)31-24-26-39-38-21-11-12-22-41(38)49(42(39)28-31)32-15-5-2-6-16-32;1-4-12-29(13-5-1)34-23-26-38-37(28-34)40-36-19-11-10-14-30(36)22-27-39(40)47(38)35-24-20-33(21-25-35)43-45-41(31-15-6-2-7-16-31)44-42(46-43)32-17-8-3-9-18-32;1-4-12-29(13-5-1)35-22-25-39-37(27-35)38-26-33-18-10-11-19-34(33)28-40(38)47(39)36-23-20-32(21-24-36)43-45-41(30-14-6-2-7-15-30)44-42(46-43)31-16-8-3-9-17-31/h1-28H;2*1-28H. The number of hydrogen-bond donors (Lipinski definition) is 0. The zero-order chi connectivity index (χ0) is 94.6. The molecule has 0 unspecified atom stereocenters. The Kier molecular flexibility index (Phi) is 21.3. The van der Waals surface area contributed by atoms with Crippen LogP contribution in [0.15, 0.2) is 510 Å². The summed E-state index contributed by atoms with van der Waals surface area (Å²) in [7, 11) is 0. The van der Waals surface area contributed by atoms with Crippen molar-refractivity contribution in [1.82, 2.24) is 58.6 Å². The number of rotatable bonds is 14. The molecule has 6 heterocycles. The molecule has 22 aromatic carbocycles. The summed E-state index contributed by atoms with van der Waals surface area (Å²) in [6, 6.07) is 178. The summed E-state index contributed by atoms with van der Waals surface area (Å²) in [5, 5.41) is 19.7. The highest BCUT2D eigenvalue weighted by atomic mass is 15.1. The number of nitrogens with zero attached hydrogens (tertiary/aromatic N) is 12. The summed E-state index contributed by atoms with van der Waals surface area (Å²) in [4.78, 5) is 44.8. The Labute approximate surface area is 823 Å². The lowest BCUT2D eigenvalue weighted by Crippen LogP contribution is -2.00. The van der Waals surface area contributed by atoms with Gasteiger partial charge in [-0.05, 0) is 197 Å². The molecule has 28 aromatic rings. The van der Waals surface area contributed by atoms with Crippen molar-refractivity contribution < 1.29 is 0 Å². The number of fused-ring (bicyclic) bond motifs is 18. The van der Waals surface area contributed by atoms with Crippen LogP contribution in [0.1, 0.15) is 0 Å². The molecule has 0 amide bonds. The Bertz CT molecular complexity index is 9400. The van der Waals surface area contributed by atoms with Crippen molar-refractivity contribution in [3.8, 4) is 142 Å². The van der Waals surface area contributed by atoms with E-state index in [4.69, 9.17) is 44.9 Å². The third kappa shape index (κ3) is 15.7. The SMILES string of the molecule is c1ccc(-c2ccc3c(c2)c2c4ccccc4ccc2n3-c2ccc(-c3nc(-c4ccccc4)nc(-c4ccccc4)n3)cc2)cc1.c1ccc(-c2ccc3c(c2)c2cc4ccccc4cc2n3-c2ccc(-c3nc(-c4ccccc4)nc(-c4ccccc4)n3)cc2)cc1.c1ccc(-c2nc(-c3ccc4c5ccccc5c5ccccc5c4c3)nc(-c3ccc4c5ccccc5n(-c5ccccc5)c4c3)n2)cc1. The van der Waals surface area contributed by atoms with Crippen LogP contribution in [-0.2, 0) is 0 Å². The first-order chi connectivity index (χ1) is 70.9. The molecule has 0 aliphatic carbocycles.